The van der Waals surface area contributed by atoms with Crippen molar-refractivity contribution in [2.24, 2.45) is 0 Å². The summed E-state index contributed by atoms with van der Waals surface area (Å²) in [5.74, 6) is 0.151. The first-order chi connectivity index (χ1) is 7.96. The molecule has 2 rings (SSSR count). The molecule has 0 bridgehead atoms. The van der Waals surface area contributed by atoms with Crippen LogP contribution in [0.1, 0.15) is 25.6 Å². The van der Waals surface area contributed by atoms with Crippen LogP contribution in [0, 0.1) is 0 Å². The molecule has 1 atom stereocenters. The van der Waals surface area contributed by atoms with Crippen molar-refractivity contribution < 1.29 is 8.42 Å². The first kappa shape index (κ1) is 12.3. The van der Waals surface area contributed by atoms with Gasteiger partial charge >= 0.3 is 0 Å². The van der Waals surface area contributed by atoms with Crippen molar-refractivity contribution in [1.29, 1.82) is 0 Å². The fraction of sp³-hybridized carbons (Fsp3) is 0.545. The van der Waals surface area contributed by atoms with Crippen molar-refractivity contribution in [2.45, 2.75) is 32.5 Å². The zero-order valence-corrected chi connectivity index (χ0v) is 10.8. The first-order valence-corrected chi connectivity index (χ1v) is 7.36. The van der Waals surface area contributed by atoms with Gasteiger partial charge in [0.05, 0.1) is 11.4 Å². The maximum Gasteiger partial charge on any atom is 0.173 e. The van der Waals surface area contributed by atoms with E-state index in [1.165, 1.54) is 5.41 Å². The molecule has 0 aromatic carbocycles. The minimum absolute atomic E-state index is 0.0933. The van der Waals surface area contributed by atoms with Gasteiger partial charge in [0.2, 0.25) is 0 Å². The second-order valence-corrected chi connectivity index (χ2v) is 6.46. The lowest BCUT2D eigenvalue weighted by molar-refractivity contribution is 0.519. The smallest absolute Gasteiger partial charge is 0.173 e. The molecule has 0 fully saturated rings. The number of rotatable bonds is 4. The van der Waals surface area contributed by atoms with E-state index in [4.69, 9.17) is 0 Å². The zero-order valence-electron chi connectivity index (χ0n) is 10.00. The Kier molecular flexibility index (Phi) is 3.35. The van der Waals surface area contributed by atoms with Crippen LogP contribution in [-0.2, 0) is 16.4 Å². The summed E-state index contributed by atoms with van der Waals surface area (Å²) in [5.41, 5.74) is 0.927. The van der Waals surface area contributed by atoms with Gasteiger partial charge in [0.15, 0.2) is 9.84 Å². The maximum atomic E-state index is 11.2. The van der Waals surface area contributed by atoms with Crippen molar-refractivity contribution in [3.05, 3.63) is 29.4 Å². The summed E-state index contributed by atoms with van der Waals surface area (Å²) in [5, 5.41) is 8.83. The zero-order chi connectivity index (χ0) is 12.5. The van der Waals surface area contributed by atoms with Crippen LogP contribution >= 0.6 is 0 Å². The number of hydrogen-bond acceptors (Lipinski definition) is 4. The van der Waals surface area contributed by atoms with Gasteiger partial charge in [-0.25, -0.2) is 8.42 Å². The van der Waals surface area contributed by atoms with Crippen LogP contribution in [0.2, 0.25) is 0 Å². The van der Waals surface area contributed by atoms with Crippen LogP contribution in [0.5, 0.6) is 0 Å². The van der Waals surface area contributed by atoms with Gasteiger partial charge in [-0.2, -0.15) is 5.10 Å². The lowest BCUT2D eigenvalue weighted by atomic mass is 10.3. The highest BCUT2D eigenvalue weighted by atomic mass is 32.2. The van der Waals surface area contributed by atoms with Gasteiger partial charge in [0.1, 0.15) is 0 Å². The molecule has 1 aliphatic rings. The van der Waals surface area contributed by atoms with E-state index in [0.717, 1.165) is 5.69 Å². The summed E-state index contributed by atoms with van der Waals surface area (Å²) in [6, 6.07) is 2.19. The van der Waals surface area contributed by atoms with E-state index < -0.39 is 9.84 Å². The number of nitrogens with one attached hydrogen (secondary N) is 1. The Morgan fingerprint density at radius 1 is 1.59 bits per heavy atom. The summed E-state index contributed by atoms with van der Waals surface area (Å²) in [4.78, 5) is 0. The molecular weight excluding hydrogens is 238 g/mol. The minimum Gasteiger partial charge on any atom is -0.304 e. The summed E-state index contributed by atoms with van der Waals surface area (Å²) in [6.07, 6.45) is 3.62. The van der Waals surface area contributed by atoms with Gasteiger partial charge in [0, 0.05) is 30.2 Å². The minimum atomic E-state index is -2.98. The van der Waals surface area contributed by atoms with Crippen LogP contribution < -0.4 is 5.32 Å². The monoisotopic (exact) mass is 255 g/mol. The van der Waals surface area contributed by atoms with Crippen molar-refractivity contribution in [3.63, 3.8) is 0 Å². The molecular formula is C11H17N3O2S. The van der Waals surface area contributed by atoms with Crippen LogP contribution in [0.15, 0.2) is 23.7 Å². The molecule has 0 saturated heterocycles. The highest BCUT2D eigenvalue weighted by Crippen LogP contribution is 2.09. The van der Waals surface area contributed by atoms with Gasteiger partial charge in [0.25, 0.3) is 0 Å². The molecule has 0 saturated carbocycles. The van der Waals surface area contributed by atoms with Gasteiger partial charge in [-0.05, 0) is 19.9 Å². The Balaban J connectivity index is 1.88. The molecule has 0 aliphatic carbocycles. The van der Waals surface area contributed by atoms with E-state index in [-0.39, 0.29) is 11.8 Å². The van der Waals surface area contributed by atoms with Gasteiger partial charge in [-0.3, -0.25) is 4.68 Å². The predicted molar refractivity (Wildman–Crippen MR) is 66.2 cm³/mol. The average Bonchev–Trinajstić information content (AvgIpc) is 2.81. The molecule has 94 valence electrons. The Morgan fingerprint density at radius 2 is 2.35 bits per heavy atom. The second-order valence-electron chi connectivity index (χ2n) is 4.53. The highest BCUT2D eigenvalue weighted by molar-refractivity contribution is 7.94. The Hall–Kier alpha value is -1.14. The van der Waals surface area contributed by atoms with Gasteiger partial charge < -0.3 is 5.32 Å². The van der Waals surface area contributed by atoms with Gasteiger partial charge in [-0.15, -0.1) is 0 Å². The lowest BCUT2D eigenvalue weighted by Gasteiger charge is -2.08. The number of hydrogen-bond donors (Lipinski definition) is 1. The molecule has 5 nitrogen and oxygen atoms in total. The van der Waals surface area contributed by atoms with Crippen molar-refractivity contribution in [1.82, 2.24) is 15.1 Å². The normalized spacial score (nSPS) is 22.4. The molecule has 1 N–H and O–H groups in total. The van der Waals surface area contributed by atoms with Crippen LogP contribution in [0.4, 0.5) is 0 Å². The Bertz CT molecular complexity index is 517. The number of sulfone groups is 1. The van der Waals surface area contributed by atoms with E-state index in [2.05, 4.69) is 24.3 Å². The van der Waals surface area contributed by atoms with Crippen LogP contribution in [0.3, 0.4) is 0 Å². The first-order valence-electron chi connectivity index (χ1n) is 5.65. The third-order valence-electron chi connectivity index (χ3n) is 2.67. The molecule has 1 unspecified atom stereocenters. The number of aromatic nitrogens is 2. The molecule has 1 aliphatic heterocycles. The fourth-order valence-electron chi connectivity index (χ4n) is 1.70. The second kappa shape index (κ2) is 4.62. The molecule has 2 heterocycles. The van der Waals surface area contributed by atoms with Crippen molar-refractivity contribution in [2.75, 3.05) is 5.75 Å². The van der Waals surface area contributed by atoms with E-state index >= 15 is 0 Å². The van der Waals surface area contributed by atoms with Crippen molar-refractivity contribution >= 4 is 9.84 Å². The summed E-state index contributed by atoms with van der Waals surface area (Å²) in [7, 11) is -2.98. The largest absolute Gasteiger partial charge is 0.304 e. The van der Waals surface area contributed by atoms with E-state index in [1.54, 1.807) is 6.08 Å². The van der Waals surface area contributed by atoms with E-state index in [9.17, 15) is 8.42 Å². The van der Waals surface area contributed by atoms with Gasteiger partial charge in [-0.1, -0.05) is 6.08 Å². The maximum absolute atomic E-state index is 11.2. The molecule has 6 heteroatoms. The lowest BCUT2D eigenvalue weighted by Crippen LogP contribution is -2.29. The quantitative estimate of drug-likeness (QED) is 0.867. The molecule has 0 amide bonds. The molecule has 1 aromatic heterocycles. The summed E-state index contributed by atoms with van der Waals surface area (Å²) < 4.78 is 24.3. The van der Waals surface area contributed by atoms with E-state index in [0.29, 0.717) is 12.6 Å². The molecule has 0 spiro atoms. The summed E-state index contributed by atoms with van der Waals surface area (Å²) >= 11 is 0. The third kappa shape index (κ3) is 3.17. The summed E-state index contributed by atoms with van der Waals surface area (Å²) in [6.45, 7) is 4.72. The molecule has 0 radical (unpaired) electrons. The SMILES string of the molecule is CC(C)n1ccc(CNC2C=CS(=O)(=O)C2)n1. The highest BCUT2D eigenvalue weighted by Gasteiger charge is 2.21. The number of nitrogens with zero attached hydrogens (tertiary/aromatic N) is 2. The third-order valence-corrected chi connectivity index (χ3v) is 4.06. The van der Waals surface area contributed by atoms with Crippen LogP contribution in [-0.4, -0.2) is 30.0 Å². The average molecular weight is 255 g/mol. The molecule has 1 aromatic rings. The Labute approximate surface area is 101 Å². The predicted octanol–water partition coefficient (Wildman–Crippen LogP) is 0.864. The molecule has 17 heavy (non-hydrogen) atoms. The fourth-order valence-corrected chi connectivity index (χ4v) is 2.97. The topological polar surface area (TPSA) is 64.0 Å². The van der Waals surface area contributed by atoms with E-state index in [1.807, 2.05) is 16.9 Å². The van der Waals surface area contributed by atoms with Crippen molar-refractivity contribution in [3.8, 4) is 0 Å². The van der Waals surface area contributed by atoms with Crippen LogP contribution in [0.25, 0.3) is 0 Å². The standard InChI is InChI=1S/C11H17N3O2S/c1-9(2)14-5-3-10(13-14)7-12-11-4-6-17(15,16)8-11/h3-6,9,11-12H,7-8H2,1-2H3. The Morgan fingerprint density at radius 3 is 2.88 bits per heavy atom.